The van der Waals surface area contributed by atoms with Crippen molar-refractivity contribution in [3.05, 3.63) is 76.9 Å². The van der Waals surface area contributed by atoms with Crippen LogP contribution in [-0.4, -0.2) is 31.1 Å². The lowest BCUT2D eigenvalue weighted by atomic mass is 9.77. The number of carbonyl (C=O) groups is 1. The van der Waals surface area contributed by atoms with Gasteiger partial charge in [-0.3, -0.25) is 9.69 Å². The second-order valence-electron chi connectivity index (χ2n) is 8.74. The minimum Gasteiger partial charge on any atom is -0.469 e. The highest BCUT2D eigenvalue weighted by atomic mass is 16.5. The number of rotatable bonds is 6. The quantitative estimate of drug-likeness (QED) is 0.585. The van der Waals surface area contributed by atoms with Crippen molar-refractivity contribution in [2.24, 2.45) is 5.92 Å². The maximum Gasteiger partial charge on any atom is 0.309 e. The highest BCUT2D eigenvalue weighted by Crippen LogP contribution is 2.39. The Morgan fingerprint density at radius 3 is 2.53 bits per heavy atom. The van der Waals surface area contributed by atoms with Gasteiger partial charge in [0.25, 0.3) is 0 Å². The fourth-order valence-corrected chi connectivity index (χ4v) is 5.10. The Balaban J connectivity index is 1.62. The molecule has 1 aliphatic heterocycles. The summed E-state index contributed by atoms with van der Waals surface area (Å²) >= 11 is 0. The summed E-state index contributed by atoms with van der Waals surface area (Å²) in [6.07, 6.45) is 8.26. The zero-order valence-electron chi connectivity index (χ0n) is 18.1. The topological polar surface area (TPSA) is 29.5 Å². The first-order valence-electron chi connectivity index (χ1n) is 11.4. The molecule has 158 valence electrons. The van der Waals surface area contributed by atoms with Gasteiger partial charge in [0, 0.05) is 19.6 Å². The number of nitrogens with zero attached hydrogens (tertiary/aromatic N) is 1. The molecule has 2 aromatic rings. The summed E-state index contributed by atoms with van der Waals surface area (Å²) in [6, 6.07) is 19.3. The van der Waals surface area contributed by atoms with E-state index in [0.29, 0.717) is 6.42 Å². The van der Waals surface area contributed by atoms with Crippen molar-refractivity contribution in [3.63, 3.8) is 0 Å². The molecule has 0 aromatic heterocycles. The molecule has 4 rings (SSSR count). The van der Waals surface area contributed by atoms with Crippen LogP contribution in [0.15, 0.2) is 60.2 Å². The molecule has 1 fully saturated rings. The van der Waals surface area contributed by atoms with Gasteiger partial charge in [0.15, 0.2) is 0 Å². The predicted molar refractivity (Wildman–Crippen MR) is 122 cm³/mol. The van der Waals surface area contributed by atoms with Gasteiger partial charge in [-0.25, -0.2) is 0 Å². The fraction of sp³-hybridized carbons (Fsp3) is 0.444. The van der Waals surface area contributed by atoms with E-state index in [9.17, 15) is 4.79 Å². The Bertz CT molecular complexity index is 881. The maximum atomic E-state index is 11.8. The number of methoxy groups -OCH3 is 1. The summed E-state index contributed by atoms with van der Waals surface area (Å²) in [4.78, 5) is 14.4. The van der Waals surface area contributed by atoms with Gasteiger partial charge in [-0.1, -0.05) is 79.4 Å². The highest BCUT2D eigenvalue weighted by molar-refractivity contribution is 5.75. The van der Waals surface area contributed by atoms with Crippen molar-refractivity contribution in [1.82, 2.24) is 4.90 Å². The zero-order valence-corrected chi connectivity index (χ0v) is 18.1. The second-order valence-corrected chi connectivity index (χ2v) is 8.74. The number of carbonyl (C=O) groups excluding carboxylic acids is 1. The van der Waals surface area contributed by atoms with Crippen LogP contribution in [0.2, 0.25) is 0 Å². The number of benzene rings is 2. The second kappa shape index (κ2) is 10.1. The Morgan fingerprint density at radius 1 is 1.00 bits per heavy atom. The van der Waals surface area contributed by atoms with Gasteiger partial charge in [0.2, 0.25) is 0 Å². The van der Waals surface area contributed by atoms with Crippen molar-refractivity contribution >= 4 is 11.5 Å². The summed E-state index contributed by atoms with van der Waals surface area (Å²) in [5.41, 5.74) is 6.87. The first-order chi connectivity index (χ1) is 14.7. The van der Waals surface area contributed by atoms with E-state index in [1.807, 2.05) is 6.07 Å². The summed E-state index contributed by atoms with van der Waals surface area (Å²) in [7, 11) is 1.46. The molecule has 0 amide bonds. The van der Waals surface area contributed by atoms with Crippen LogP contribution >= 0.6 is 0 Å². The summed E-state index contributed by atoms with van der Waals surface area (Å²) < 4.78 is 4.88. The number of hydrogen-bond acceptors (Lipinski definition) is 3. The van der Waals surface area contributed by atoms with Crippen LogP contribution in [-0.2, 0) is 22.5 Å². The van der Waals surface area contributed by atoms with Crippen LogP contribution in [0.1, 0.15) is 55.2 Å². The van der Waals surface area contributed by atoms with E-state index in [2.05, 4.69) is 53.4 Å². The third kappa shape index (κ3) is 5.20. The van der Waals surface area contributed by atoms with Crippen LogP contribution < -0.4 is 0 Å². The molecule has 1 heterocycles. The van der Waals surface area contributed by atoms with Crippen LogP contribution in [0.4, 0.5) is 0 Å². The highest BCUT2D eigenvalue weighted by Gasteiger charge is 2.27. The smallest absolute Gasteiger partial charge is 0.309 e. The van der Waals surface area contributed by atoms with Gasteiger partial charge in [-0.15, -0.1) is 0 Å². The standard InChI is InChI=1S/C27H33NO2/c1-30-27(29)18-22-11-8-14-24(17-22)26-20-28(19-21-9-4-2-5-10-21)16-15-25(26)23-12-6-3-7-13-23/h2,4-5,8-11,14,17,23H,3,6-7,12-13,15-16,18-20H2,1H3. The molecular weight excluding hydrogens is 370 g/mol. The van der Waals surface area contributed by atoms with Crippen molar-refractivity contribution < 1.29 is 9.53 Å². The lowest BCUT2D eigenvalue weighted by molar-refractivity contribution is -0.139. The van der Waals surface area contributed by atoms with Gasteiger partial charge in [0.1, 0.15) is 0 Å². The molecule has 0 atom stereocenters. The van der Waals surface area contributed by atoms with E-state index in [1.165, 1.54) is 55.9 Å². The first kappa shape index (κ1) is 20.9. The number of hydrogen-bond donors (Lipinski definition) is 0. The molecular formula is C27H33NO2. The Labute approximate surface area is 180 Å². The third-order valence-corrected chi connectivity index (χ3v) is 6.67. The zero-order chi connectivity index (χ0) is 20.8. The molecule has 2 aliphatic rings. The lowest BCUT2D eigenvalue weighted by Gasteiger charge is -2.36. The summed E-state index contributed by atoms with van der Waals surface area (Å²) in [5, 5.41) is 0. The molecule has 0 bridgehead atoms. The molecule has 1 saturated carbocycles. The summed E-state index contributed by atoms with van der Waals surface area (Å²) in [6.45, 7) is 3.11. The van der Waals surface area contributed by atoms with Crippen LogP contribution in [0.5, 0.6) is 0 Å². The fourth-order valence-electron chi connectivity index (χ4n) is 5.10. The Hall–Kier alpha value is -2.39. The van der Waals surface area contributed by atoms with Crippen molar-refractivity contribution in [3.8, 4) is 0 Å². The van der Waals surface area contributed by atoms with Gasteiger partial charge < -0.3 is 4.74 Å². The maximum absolute atomic E-state index is 11.8. The minimum atomic E-state index is -0.178. The SMILES string of the molecule is COC(=O)Cc1cccc(C2=C(C3CCCCC3)CCN(Cc3ccccc3)C2)c1. The first-order valence-corrected chi connectivity index (χ1v) is 11.4. The molecule has 1 aliphatic carbocycles. The van der Waals surface area contributed by atoms with E-state index in [-0.39, 0.29) is 5.97 Å². The van der Waals surface area contributed by atoms with Gasteiger partial charge in [0.05, 0.1) is 13.5 Å². The van der Waals surface area contributed by atoms with E-state index in [4.69, 9.17) is 4.74 Å². The van der Waals surface area contributed by atoms with Crippen LogP contribution in [0, 0.1) is 5.92 Å². The number of ether oxygens (including phenoxy) is 1. The van der Waals surface area contributed by atoms with Gasteiger partial charge in [-0.05, 0) is 47.4 Å². The molecule has 0 saturated heterocycles. The largest absolute Gasteiger partial charge is 0.469 e. The molecule has 0 unspecified atom stereocenters. The molecule has 2 aromatic carbocycles. The average molecular weight is 404 g/mol. The van der Waals surface area contributed by atoms with E-state index in [1.54, 1.807) is 5.57 Å². The van der Waals surface area contributed by atoms with Crippen LogP contribution in [0.3, 0.4) is 0 Å². The van der Waals surface area contributed by atoms with Gasteiger partial charge >= 0.3 is 5.97 Å². The van der Waals surface area contributed by atoms with Crippen molar-refractivity contribution in [2.75, 3.05) is 20.2 Å². The van der Waals surface area contributed by atoms with Crippen LogP contribution in [0.25, 0.3) is 5.57 Å². The molecule has 0 spiro atoms. The van der Waals surface area contributed by atoms with E-state index >= 15 is 0 Å². The monoisotopic (exact) mass is 403 g/mol. The lowest BCUT2D eigenvalue weighted by Crippen LogP contribution is -2.32. The average Bonchev–Trinajstić information content (AvgIpc) is 2.80. The Morgan fingerprint density at radius 2 is 1.77 bits per heavy atom. The third-order valence-electron chi connectivity index (χ3n) is 6.67. The molecule has 3 nitrogen and oxygen atoms in total. The molecule has 0 N–H and O–H groups in total. The summed E-state index contributed by atoms with van der Waals surface area (Å²) in [5.74, 6) is 0.555. The van der Waals surface area contributed by atoms with E-state index < -0.39 is 0 Å². The molecule has 30 heavy (non-hydrogen) atoms. The number of esters is 1. The van der Waals surface area contributed by atoms with Gasteiger partial charge in [-0.2, -0.15) is 0 Å². The minimum absolute atomic E-state index is 0.178. The normalized spacial score (nSPS) is 18.4. The predicted octanol–water partition coefficient (Wildman–Crippen LogP) is 5.64. The Kier molecular flexibility index (Phi) is 7.01. The molecule has 3 heteroatoms. The molecule has 0 radical (unpaired) electrons. The van der Waals surface area contributed by atoms with Crippen molar-refractivity contribution in [1.29, 1.82) is 0 Å². The van der Waals surface area contributed by atoms with Crippen molar-refractivity contribution in [2.45, 2.75) is 51.5 Å². The van der Waals surface area contributed by atoms with E-state index in [0.717, 1.165) is 37.5 Å².